The van der Waals surface area contributed by atoms with Crippen molar-refractivity contribution in [3.8, 4) is 0 Å². The highest BCUT2D eigenvalue weighted by atomic mass is 79.9. The van der Waals surface area contributed by atoms with Crippen LogP contribution in [0.1, 0.15) is 11.1 Å². The molecular weight excluding hydrogens is 263 g/mol. The molecule has 0 atom stereocenters. The summed E-state index contributed by atoms with van der Waals surface area (Å²) >= 11 is 2.76. The van der Waals surface area contributed by atoms with E-state index in [1.165, 1.54) is 0 Å². The van der Waals surface area contributed by atoms with Gasteiger partial charge in [-0.1, -0.05) is 15.9 Å². The molecule has 1 aromatic carbocycles. The Labute approximate surface area is 86.7 Å². The van der Waals surface area contributed by atoms with E-state index in [1.54, 1.807) is 0 Å². The second kappa shape index (κ2) is 3.78. The first-order valence-corrected chi connectivity index (χ1v) is 4.41. The normalized spacial score (nSPS) is 11.8. The number of alkyl halides is 3. The Morgan fingerprint density at radius 2 is 1.93 bits per heavy atom. The van der Waals surface area contributed by atoms with Gasteiger partial charge in [-0.3, -0.25) is 0 Å². The highest BCUT2D eigenvalue weighted by Gasteiger charge is 2.35. The zero-order chi connectivity index (χ0) is 10.9. The van der Waals surface area contributed by atoms with Gasteiger partial charge < -0.3 is 10.8 Å². The minimum atomic E-state index is -4.50. The van der Waals surface area contributed by atoms with Crippen LogP contribution in [0.3, 0.4) is 0 Å². The molecule has 0 saturated heterocycles. The number of hydrogen-bond donors (Lipinski definition) is 2. The Kier molecular flexibility index (Phi) is 3.06. The Balaban J connectivity index is 3.40. The molecule has 6 heteroatoms. The molecule has 0 radical (unpaired) electrons. The average molecular weight is 270 g/mol. The summed E-state index contributed by atoms with van der Waals surface area (Å²) < 4.78 is 37.2. The molecule has 1 aromatic rings. The Bertz CT molecular complexity index is 351. The van der Waals surface area contributed by atoms with Crippen LogP contribution >= 0.6 is 15.9 Å². The van der Waals surface area contributed by atoms with E-state index in [-0.39, 0.29) is 15.7 Å². The lowest BCUT2D eigenvalue weighted by Crippen LogP contribution is -2.11. The highest BCUT2D eigenvalue weighted by Crippen LogP contribution is 2.38. The number of aliphatic hydroxyl groups is 1. The lowest BCUT2D eigenvalue weighted by Gasteiger charge is -2.13. The van der Waals surface area contributed by atoms with E-state index in [9.17, 15) is 13.2 Å². The standard InChI is InChI=1S/C8H7BrF3NO/c9-6-2-5(13)1-4(3-14)7(6)8(10,11)12/h1-2,14H,3,13H2. The van der Waals surface area contributed by atoms with E-state index in [4.69, 9.17) is 10.8 Å². The van der Waals surface area contributed by atoms with Crippen LogP contribution in [0.2, 0.25) is 0 Å². The van der Waals surface area contributed by atoms with E-state index < -0.39 is 18.3 Å². The summed E-state index contributed by atoms with van der Waals surface area (Å²) in [6, 6.07) is 2.26. The maximum atomic E-state index is 12.4. The van der Waals surface area contributed by atoms with Gasteiger partial charge in [0.05, 0.1) is 12.2 Å². The molecule has 3 N–H and O–H groups in total. The number of anilines is 1. The van der Waals surface area contributed by atoms with Crippen molar-refractivity contribution in [2.75, 3.05) is 5.73 Å². The molecule has 0 bridgehead atoms. The fourth-order valence-corrected chi connectivity index (χ4v) is 1.87. The van der Waals surface area contributed by atoms with Crippen LogP contribution in [-0.2, 0) is 12.8 Å². The molecule has 14 heavy (non-hydrogen) atoms. The summed E-state index contributed by atoms with van der Waals surface area (Å²) in [5.74, 6) is 0. The average Bonchev–Trinajstić information content (AvgIpc) is 1.99. The molecule has 0 aliphatic rings. The van der Waals surface area contributed by atoms with Crippen LogP contribution in [-0.4, -0.2) is 5.11 Å². The lowest BCUT2D eigenvalue weighted by atomic mass is 10.1. The molecule has 1 rings (SSSR count). The first-order valence-electron chi connectivity index (χ1n) is 3.62. The molecule has 0 spiro atoms. The van der Waals surface area contributed by atoms with E-state index >= 15 is 0 Å². The van der Waals surface area contributed by atoms with Crippen LogP contribution in [0.5, 0.6) is 0 Å². The van der Waals surface area contributed by atoms with Crippen molar-refractivity contribution in [1.82, 2.24) is 0 Å². The van der Waals surface area contributed by atoms with Crippen molar-refractivity contribution >= 4 is 21.6 Å². The number of benzene rings is 1. The fraction of sp³-hybridized carbons (Fsp3) is 0.250. The van der Waals surface area contributed by atoms with Gasteiger partial charge in [-0.25, -0.2) is 0 Å². The summed E-state index contributed by atoms with van der Waals surface area (Å²) in [5.41, 5.74) is 4.40. The highest BCUT2D eigenvalue weighted by molar-refractivity contribution is 9.10. The fourth-order valence-electron chi connectivity index (χ4n) is 1.13. The van der Waals surface area contributed by atoms with Crippen molar-refractivity contribution < 1.29 is 18.3 Å². The van der Waals surface area contributed by atoms with Crippen LogP contribution in [0.15, 0.2) is 16.6 Å². The predicted molar refractivity (Wildman–Crippen MR) is 49.5 cm³/mol. The SMILES string of the molecule is Nc1cc(Br)c(C(F)(F)F)c(CO)c1. The van der Waals surface area contributed by atoms with Crippen molar-refractivity contribution in [2.24, 2.45) is 0 Å². The quantitative estimate of drug-likeness (QED) is 0.770. The molecule has 2 nitrogen and oxygen atoms in total. The van der Waals surface area contributed by atoms with Crippen molar-refractivity contribution in [1.29, 1.82) is 0 Å². The van der Waals surface area contributed by atoms with E-state index in [0.29, 0.717) is 0 Å². The Morgan fingerprint density at radius 1 is 1.36 bits per heavy atom. The molecule has 0 unspecified atom stereocenters. The third-order valence-corrected chi connectivity index (χ3v) is 2.27. The van der Waals surface area contributed by atoms with Gasteiger partial charge in [0.25, 0.3) is 0 Å². The molecule has 0 aromatic heterocycles. The Morgan fingerprint density at radius 3 is 2.36 bits per heavy atom. The molecule has 0 aliphatic heterocycles. The lowest BCUT2D eigenvalue weighted by molar-refractivity contribution is -0.139. The molecule has 0 aliphatic carbocycles. The zero-order valence-corrected chi connectivity index (χ0v) is 8.48. The van der Waals surface area contributed by atoms with Crippen molar-refractivity contribution in [2.45, 2.75) is 12.8 Å². The third-order valence-electron chi connectivity index (χ3n) is 1.65. The topological polar surface area (TPSA) is 46.2 Å². The molecule has 0 fully saturated rings. The summed E-state index contributed by atoms with van der Waals surface area (Å²) in [4.78, 5) is 0. The minimum absolute atomic E-state index is 0.158. The summed E-state index contributed by atoms with van der Waals surface area (Å²) in [7, 11) is 0. The van der Waals surface area contributed by atoms with Crippen molar-refractivity contribution in [3.05, 3.63) is 27.7 Å². The second-order valence-electron chi connectivity index (χ2n) is 2.69. The maximum Gasteiger partial charge on any atom is 0.417 e. The first-order chi connectivity index (χ1) is 6.36. The molecule has 0 heterocycles. The molecule has 78 valence electrons. The zero-order valence-electron chi connectivity index (χ0n) is 6.90. The minimum Gasteiger partial charge on any atom is -0.399 e. The van der Waals surface area contributed by atoms with Gasteiger partial charge in [0.1, 0.15) is 0 Å². The summed E-state index contributed by atoms with van der Waals surface area (Å²) in [6.07, 6.45) is -4.50. The molecular formula is C8H7BrF3NO. The third kappa shape index (κ3) is 2.19. The van der Waals surface area contributed by atoms with Gasteiger partial charge in [-0.2, -0.15) is 13.2 Å². The van der Waals surface area contributed by atoms with Crippen LogP contribution in [0.25, 0.3) is 0 Å². The van der Waals surface area contributed by atoms with Crippen LogP contribution in [0.4, 0.5) is 18.9 Å². The monoisotopic (exact) mass is 269 g/mol. The number of rotatable bonds is 1. The Hall–Kier alpha value is -0.750. The number of nitrogens with two attached hydrogens (primary N) is 1. The smallest absolute Gasteiger partial charge is 0.399 e. The van der Waals surface area contributed by atoms with Gasteiger partial charge in [-0.15, -0.1) is 0 Å². The molecule has 0 amide bonds. The maximum absolute atomic E-state index is 12.4. The molecule has 0 saturated carbocycles. The van der Waals surface area contributed by atoms with Gasteiger partial charge in [0.15, 0.2) is 0 Å². The predicted octanol–water partition coefficient (Wildman–Crippen LogP) is 2.54. The summed E-state index contributed by atoms with van der Waals surface area (Å²) in [5, 5.41) is 8.75. The van der Waals surface area contributed by atoms with Gasteiger partial charge in [0, 0.05) is 10.2 Å². The first kappa shape index (κ1) is 11.3. The van der Waals surface area contributed by atoms with Gasteiger partial charge >= 0.3 is 6.18 Å². The number of halogens is 4. The van der Waals surface area contributed by atoms with Crippen molar-refractivity contribution in [3.63, 3.8) is 0 Å². The van der Waals surface area contributed by atoms with E-state index in [0.717, 1.165) is 12.1 Å². The van der Waals surface area contributed by atoms with Gasteiger partial charge in [-0.05, 0) is 17.7 Å². The second-order valence-corrected chi connectivity index (χ2v) is 3.55. The van der Waals surface area contributed by atoms with E-state index in [1.807, 2.05) is 0 Å². The van der Waals surface area contributed by atoms with Gasteiger partial charge in [0.2, 0.25) is 0 Å². The van der Waals surface area contributed by atoms with Crippen LogP contribution < -0.4 is 5.73 Å². The summed E-state index contributed by atoms with van der Waals surface area (Å²) in [6.45, 7) is -0.696. The number of nitrogen functional groups attached to an aromatic ring is 1. The number of hydrogen-bond acceptors (Lipinski definition) is 2. The van der Waals surface area contributed by atoms with Crippen LogP contribution in [0, 0.1) is 0 Å². The number of aliphatic hydroxyl groups excluding tert-OH is 1. The van der Waals surface area contributed by atoms with E-state index in [2.05, 4.69) is 15.9 Å². The largest absolute Gasteiger partial charge is 0.417 e.